The second kappa shape index (κ2) is 4.05. The molecule has 0 spiro atoms. The van der Waals surface area contributed by atoms with E-state index in [9.17, 15) is 4.79 Å². The van der Waals surface area contributed by atoms with Gasteiger partial charge in [-0.25, -0.2) is 0 Å². The minimum absolute atomic E-state index is 0.186. The number of nitrogens with one attached hydrogen (secondary N) is 1. The van der Waals surface area contributed by atoms with Crippen molar-refractivity contribution < 1.29 is 4.79 Å². The van der Waals surface area contributed by atoms with Gasteiger partial charge in [-0.15, -0.1) is 0 Å². The van der Waals surface area contributed by atoms with Gasteiger partial charge in [0, 0.05) is 6.42 Å². The zero-order valence-corrected chi connectivity index (χ0v) is 9.34. The standard InChI is InChI=1S/C13H17NO/c1-9-6-10(2)8-11(7-9)12-4-3-5-13(15)14-12/h6-8,12H,3-5H2,1-2H3,(H,14,15). The Bertz CT molecular complexity index is 364. The maximum absolute atomic E-state index is 11.3. The van der Waals surface area contributed by atoms with E-state index in [2.05, 4.69) is 37.4 Å². The molecule has 0 saturated carbocycles. The van der Waals surface area contributed by atoms with Crippen LogP contribution in [0.15, 0.2) is 18.2 Å². The third-order valence-electron chi connectivity index (χ3n) is 2.88. The number of rotatable bonds is 1. The molecule has 1 amide bonds. The molecule has 1 atom stereocenters. The molecule has 15 heavy (non-hydrogen) atoms. The predicted octanol–water partition coefficient (Wildman–Crippen LogP) is 2.64. The second-order valence-corrected chi connectivity index (χ2v) is 4.43. The third kappa shape index (κ3) is 2.38. The summed E-state index contributed by atoms with van der Waals surface area (Å²) < 4.78 is 0. The van der Waals surface area contributed by atoms with E-state index in [4.69, 9.17) is 0 Å². The lowest BCUT2D eigenvalue weighted by atomic mass is 9.95. The molecule has 0 radical (unpaired) electrons. The van der Waals surface area contributed by atoms with Gasteiger partial charge >= 0.3 is 0 Å². The summed E-state index contributed by atoms with van der Waals surface area (Å²) in [5.41, 5.74) is 3.79. The van der Waals surface area contributed by atoms with E-state index in [1.165, 1.54) is 16.7 Å². The van der Waals surface area contributed by atoms with Crippen molar-refractivity contribution >= 4 is 5.91 Å². The van der Waals surface area contributed by atoms with Crippen molar-refractivity contribution in [3.05, 3.63) is 34.9 Å². The van der Waals surface area contributed by atoms with Crippen LogP contribution in [0.3, 0.4) is 0 Å². The molecule has 0 aliphatic carbocycles. The molecular formula is C13H17NO. The maximum Gasteiger partial charge on any atom is 0.220 e. The molecule has 0 aromatic heterocycles. The molecule has 1 saturated heterocycles. The minimum atomic E-state index is 0.186. The van der Waals surface area contributed by atoms with Gasteiger partial charge < -0.3 is 5.32 Å². The predicted molar refractivity (Wildman–Crippen MR) is 60.7 cm³/mol. The van der Waals surface area contributed by atoms with Gasteiger partial charge in [-0.05, 0) is 32.3 Å². The fraction of sp³-hybridized carbons (Fsp3) is 0.462. The number of carbonyl (C=O) groups excluding carboxylic acids is 1. The smallest absolute Gasteiger partial charge is 0.220 e. The summed E-state index contributed by atoms with van der Waals surface area (Å²) in [4.78, 5) is 11.3. The molecule has 1 aromatic carbocycles. The highest BCUT2D eigenvalue weighted by atomic mass is 16.1. The first-order valence-electron chi connectivity index (χ1n) is 5.53. The lowest BCUT2D eigenvalue weighted by molar-refractivity contribution is -0.123. The first kappa shape index (κ1) is 10.2. The molecule has 2 rings (SSSR count). The molecule has 1 N–H and O–H groups in total. The van der Waals surface area contributed by atoms with Crippen LogP contribution in [0.2, 0.25) is 0 Å². The number of hydrogen-bond acceptors (Lipinski definition) is 1. The summed E-state index contributed by atoms with van der Waals surface area (Å²) in [6.07, 6.45) is 2.75. The monoisotopic (exact) mass is 203 g/mol. The molecule has 1 aliphatic heterocycles. The van der Waals surface area contributed by atoms with Crippen LogP contribution < -0.4 is 5.32 Å². The van der Waals surface area contributed by atoms with E-state index >= 15 is 0 Å². The molecule has 2 nitrogen and oxygen atoms in total. The van der Waals surface area contributed by atoms with Crippen molar-refractivity contribution in [3.63, 3.8) is 0 Å². The van der Waals surface area contributed by atoms with Crippen molar-refractivity contribution in [2.75, 3.05) is 0 Å². The number of hydrogen-bond donors (Lipinski definition) is 1. The lowest BCUT2D eigenvalue weighted by Gasteiger charge is -2.24. The SMILES string of the molecule is Cc1cc(C)cc(C2CCCC(=O)N2)c1. The number of piperidine rings is 1. The summed E-state index contributed by atoms with van der Waals surface area (Å²) in [7, 11) is 0. The summed E-state index contributed by atoms with van der Waals surface area (Å²) >= 11 is 0. The third-order valence-corrected chi connectivity index (χ3v) is 2.88. The van der Waals surface area contributed by atoms with Gasteiger partial charge in [-0.1, -0.05) is 29.3 Å². The number of aryl methyl sites for hydroxylation is 2. The van der Waals surface area contributed by atoms with Crippen LogP contribution >= 0.6 is 0 Å². The Morgan fingerprint density at radius 1 is 1.20 bits per heavy atom. The number of carbonyl (C=O) groups is 1. The molecule has 0 bridgehead atoms. The fourth-order valence-corrected chi connectivity index (χ4v) is 2.27. The quantitative estimate of drug-likeness (QED) is 0.747. The van der Waals surface area contributed by atoms with Crippen LogP contribution in [-0.2, 0) is 4.79 Å². The van der Waals surface area contributed by atoms with Gasteiger partial charge in [0.05, 0.1) is 6.04 Å². The van der Waals surface area contributed by atoms with Gasteiger partial charge in [0.1, 0.15) is 0 Å². The average molecular weight is 203 g/mol. The first-order chi connectivity index (χ1) is 7.15. The highest BCUT2D eigenvalue weighted by Crippen LogP contribution is 2.24. The summed E-state index contributed by atoms with van der Waals surface area (Å²) in [6.45, 7) is 4.20. The van der Waals surface area contributed by atoms with Crippen LogP contribution in [0.5, 0.6) is 0 Å². The Balaban J connectivity index is 2.24. The number of benzene rings is 1. The fourth-order valence-electron chi connectivity index (χ4n) is 2.27. The number of amides is 1. The van der Waals surface area contributed by atoms with Crippen LogP contribution in [0.1, 0.15) is 42.0 Å². The Kier molecular flexibility index (Phi) is 2.76. The molecule has 1 heterocycles. The van der Waals surface area contributed by atoms with Crippen molar-refractivity contribution in [2.45, 2.75) is 39.2 Å². The molecule has 1 aromatic rings. The van der Waals surface area contributed by atoms with Crippen LogP contribution in [-0.4, -0.2) is 5.91 Å². The topological polar surface area (TPSA) is 29.1 Å². The van der Waals surface area contributed by atoms with E-state index in [0.29, 0.717) is 6.42 Å². The van der Waals surface area contributed by atoms with Crippen molar-refractivity contribution in [3.8, 4) is 0 Å². The van der Waals surface area contributed by atoms with E-state index in [1.807, 2.05) is 0 Å². The molecule has 1 unspecified atom stereocenters. The Hall–Kier alpha value is -1.31. The van der Waals surface area contributed by atoms with E-state index in [0.717, 1.165) is 12.8 Å². The van der Waals surface area contributed by atoms with Gasteiger partial charge in [0.2, 0.25) is 5.91 Å². The minimum Gasteiger partial charge on any atom is -0.349 e. The Morgan fingerprint density at radius 3 is 2.47 bits per heavy atom. The maximum atomic E-state index is 11.3. The normalized spacial score (nSPS) is 21.2. The summed E-state index contributed by atoms with van der Waals surface area (Å²) in [5, 5.41) is 3.05. The van der Waals surface area contributed by atoms with Crippen molar-refractivity contribution in [1.82, 2.24) is 5.32 Å². The van der Waals surface area contributed by atoms with Gasteiger partial charge in [-0.3, -0.25) is 4.79 Å². The Labute approximate surface area is 90.7 Å². The molecule has 1 fully saturated rings. The second-order valence-electron chi connectivity index (χ2n) is 4.43. The highest BCUT2D eigenvalue weighted by Gasteiger charge is 2.19. The van der Waals surface area contributed by atoms with Crippen LogP contribution in [0, 0.1) is 13.8 Å². The summed E-state index contributed by atoms with van der Waals surface area (Å²) in [6, 6.07) is 6.73. The van der Waals surface area contributed by atoms with Crippen LogP contribution in [0.4, 0.5) is 0 Å². The Morgan fingerprint density at radius 2 is 1.87 bits per heavy atom. The van der Waals surface area contributed by atoms with Gasteiger partial charge in [0.15, 0.2) is 0 Å². The van der Waals surface area contributed by atoms with E-state index in [1.54, 1.807) is 0 Å². The zero-order valence-electron chi connectivity index (χ0n) is 9.34. The molecular weight excluding hydrogens is 186 g/mol. The summed E-state index contributed by atoms with van der Waals surface area (Å²) in [5.74, 6) is 0.186. The van der Waals surface area contributed by atoms with E-state index in [-0.39, 0.29) is 11.9 Å². The van der Waals surface area contributed by atoms with Gasteiger partial charge in [-0.2, -0.15) is 0 Å². The largest absolute Gasteiger partial charge is 0.349 e. The molecule has 2 heteroatoms. The molecule has 1 aliphatic rings. The average Bonchev–Trinajstić information content (AvgIpc) is 2.16. The van der Waals surface area contributed by atoms with Crippen molar-refractivity contribution in [2.24, 2.45) is 0 Å². The van der Waals surface area contributed by atoms with Crippen LogP contribution in [0.25, 0.3) is 0 Å². The zero-order chi connectivity index (χ0) is 10.8. The highest BCUT2D eigenvalue weighted by molar-refractivity contribution is 5.77. The van der Waals surface area contributed by atoms with Crippen molar-refractivity contribution in [1.29, 1.82) is 0 Å². The van der Waals surface area contributed by atoms with E-state index < -0.39 is 0 Å². The molecule has 80 valence electrons. The van der Waals surface area contributed by atoms with Gasteiger partial charge in [0.25, 0.3) is 0 Å². The lowest BCUT2D eigenvalue weighted by Crippen LogP contribution is -2.32. The first-order valence-corrected chi connectivity index (χ1v) is 5.53.